The molecule has 1 aliphatic rings. The molecule has 0 aliphatic carbocycles. The molecule has 148 valence electrons. The third-order valence-corrected chi connectivity index (χ3v) is 6.08. The summed E-state index contributed by atoms with van der Waals surface area (Å²) in [5.74, 6) is 0.917. The quantitative estimate of drug-likeness (QED) is 0.517. The van der Waals surface area contributed by atoms with Gasteiger partial charge in [0.25, 0.3) is 0 Å². The first-order chi connectivity index (χ1) is 14.2. The van der Waals surface area contributed by atoms with E-state index in [1.54, 1.807) is 34.1 Å². The van der Waals surface area contributed by atoms with Crippen LogP contribution in [0.4, 0.5) is 15.3 Å². The molecule has 0 atom stereocenters. The molecule has 0 spiro atoms. The highest BCUT2D eigenvalue weighted by molar-refractivity contribution is 7.13. The number of halogens is 1. The summed E-state index contributed by atoms with van der Waals surface area (Å²) < 4.78 is 15.9. The number of rotatable bonds is 3. The smallest absolute Gasteiger partial charge is 0.188 e. The van der Waals surface area contributed by atoms with Crippen molar-refractivity contribution < 1.29 is 4.39 Å². The van der Waals surface area contributed by atoms with E-state index in [9.17, 15) is 4.39 Å². The fourth-order valence-electron chi connectivity index (χ4n) is 3.58. The highest BCUT2D eigenvalue weighted by Gasteiger charge is 2.20. The van der Waals surface area contributed by atoms with Crippen molar-refractivity contribution in [3.63, 3.8) is 0 Å². The SMILES string of the molecule is Cc1csc(N2CCCN(c3ccc4nnc(-c5ccccc5F)n4n3)CC2)n1. The number of hydrogen-bond donors (Lipinski definition) is 0. The van der Waals surface area contributed by atoms with Crippen LogP contribution in [0.5, 0.6) is 0 Å². The zero-order valence-electron chi connectivity index (χ0n) is 16.0. The summed E-state index contributed by atoms with van der Waals surface area (Å²) in [5.41, 5.74) is 2.05. The van der Waals surface area contributed by atoms with Gasteiger partial charge in [0.2, 0.25) is 0 Å². The maximum Gasteiger partial charge on any atom is 0.188 e. The normalized spacial score (nSPS) is 15.1. The Balaban J connectivity index is 1.43. The molecule has 1 fully saturated rings. The van der Waals surface area contributed by atoms with Crippen molar-refractivity contribution in [3.8, 4) is 11.4 Å². The van der Waals surface area contributed by atoms with E-state index in [-0.39, 0.29) is 5.82 Å². The van der Waals surface area contributed by atoms with E-state index in [0.717, 1.165) is 49.2 Å². The van der Waals surface area contributed by atoms with Crippen molar-refractivity contribution in [1.29, 1.82) is 0 Å². The fourth-order valence-corrected chi connectivity index (χ4v) is 4.44. The summed E-state index contributed by atoms with van der Waals surface area (Å²) in [5, 5.41) is 16.2. The first kappa shape index (κ1) is 18.0. The zero-order valence-corrected chi connectivity index (χ0v) is 16.8. The lowest BCUT2D eigenvalue weighted by atomic mass is 10.2. The van der Waals surface area contributed by atoms with Gasteiger partial charge < -0.3 is 9.80 Å². The maximum atomic E-state index is 14.3. The van der Waals surface area contributed by atoms with Crippen LogP contribution in [0.1, 0.15) is 12.1 Å². The number of anilines is 2. The van der Waals surface area contributed by atoms with Gasteiger partial charge >= 0.3 is 0 Å². The van der Waals surface area contributed by atoms with Crippen LogP contribution in [0.2, 0.25) is 0 Å². The lowest BCUT2D eigenvalue weighted by Gasteiger charge is -2.22. The van der Waals surface area contributed by atoms with E-state index in [1.807, 2.05) is 19.1 Å². The van der Waals surface area contributed by atoms with Crippen molar-refractivity contribution in [1.82, 2.24) is 24.8 Å². The Bertz CT molecular complexity index is 1150. The first-order valence-corrected chi connectivity index (χ1v) is 10.5. The second kappa shape index (κ2) is 7.40. The number of thiazole rings is 1. The monoisotopic (exact) mass is 409 g/mol. The first-order valence-electron chi connectivity index (χ1n) is 9.58. The minimum Gasteiger partial charge on any atom is -0.353 e. The molecule has 0 bridgehead atoms. The van der Waals surface area contributed by atoms with Gasteiger partial charge in [0.05, 0.1) is 11.3 Å². The van der Waals surface area contributed by atoms with Gasteiger partial charge in [0.1, 0.15) is 11.6 Å². The summed E-state index contributed by atoms with van der Waals surface area (Å²) in [7, 11) is 0. The molecule has 4 aromatic rings. The molecular formula is C20H20FN7S. The van der Waals surface area contributed by atoms with Crippen molar-refractivity contribution in [2.75, 3.05) is 36.0 Å². The van der Waals surface area contributed by atoms with Crippen LogP contribution in [-0.2, 0) is 0 Å². The van der Waals surface area contributed by atoms with Gasteiger partial charge in [-0.2, -0.15) is 4.52 Å². The zero-order chi connectivity index (χ0) is 19.8. The van der Waals surface area contributed by atoms with Crippen molar-refractivity contribution in [2.45, 2.75) is 13.3 Å². The van der Waals surface area contributed by atoms with Crippen LogP contribution in [0.25, 0.3) is 17.0 Å². The van der Waals surface area contributed by atoms with Crippen LogP contribution < -0.4 is 9.80 Å². The van der Waals surface area contributed by atoms with Gasteiger partial charge in [-0.1, -0.05) is 12.1 Å². The molecule has 1 aromatic carbocycles. The molecular weight excluding hydrogens is 389 g/mol. The van der Waals surface area contributed by atoms with Gasteiger partial charge in [-0.25, -0.2) is 9.37 Å². The molecule has 1 saturated heterocycles. The Kier molecular flexibility index (Phi) is 4.59. The van der Waals surface area contributed by atoms with Crippen LogP contribution in [0.3, 0.4) is 0 Å². The minimum absolute atomic E-state index is 0.335. The Labute approximate surface area is 171 Å². The van der Waals surface area contributed by atoms with Crippen LogP contribution in [-0.4, -0.2) is 51.0 Å². The van der Waals surface area contributed by atoms with Gasteiger partial charge in [-0.15, -0.1) is 26.6 Å². The molecule has 0 unspecified atom stereocenters. The van der Waals surface area contributed by atoms with Gasteiger partial charge in [-0.05, 0) is 37.6 Å². The molecule has 9 heteroatoms. The minimum atomic E-state index is -0.335. The molecule has 7 nitrogen and oxygen atoms in total. The van der Waals surface area contributed by atoms with E-state index in [0.29, 0.717) is 17.0 Å². The van der Waals surface area contributed by atoms with Gasteiger partial charge in [0, 0.05) is 31.6 Å². The Morgan fingerprint density at radius 1 is 0.966 bits per heavy atom. The Hall–Kier alpha value is -3.07. The Morgan fingerprint density at radius 3 is 2.62 bits per heavy atom. The summed E-state index contributed by atoms with van der Waals surface area (Å²) in [6.07, 6.45) is 1.01. The summed E-state index contributed by atoms with van der Waals surface area (Å²) in [6.45, 7) is 5.62. The molecule has 29 heavy (non-hydrogen) atoms. The molecule has 0 amide bonds. The molecule has 1 aliphatic heterocycles. The van der Waals surface area contributed by atoms with E-state index < -0.39 is 0 Å². The van der Waals surface area contributed by atoms with Crippen molar-refractivity contribution >= 4 is 27.9 Å². The highest BCUT2D eigenvalue weighted by Crippen LogP contribution is 2.24. The predicted molar refractivity (Wildman–Crippen MR) is 112 cm³/mol. The second-order valence-corrected chi connectivity index (χ2v) is 7.90. The number of benzene rings is 1. The fraction of sp³-hybridized carbons (Fsp3) is 0.300. The molecule has 3 aromatic heterocycles. The van der Waals surface area contributed by atoms with E-state index in [2.05, 4.69) is 30.4 Å². The molecule has 5 rings (SSSR count). The van der Waals surface area contributed by atoms with Crippen molar-refractivity contribution in [3.05, 3.63) is 53.3 Å². The van der Waals surface area contributed by atoms with Crippen molar-refractivity contribution in [2.24, 2.45) is 0 Å². The van der Waals surface area contributed by atoms with Crippen LogP contribution in [0, 0.1) is 12.7 Å². The lowest BCUT2D eigenvalue weighted by molar-refractivity contribution is 0.629. The number of aryl methyl sites for hydroxylation is 1. The summed E-state index contributed by atoms with van der Waals surface area (Å²) in [6, 6.07) is 10.4. The number of aromatic nitrogens is 5. The molecule has 0 N–H and O–H groups in total. The molecule has 0 saturated carbocycles. The van der Waals surface area contributed by atoms with Gasteiger partial charge in [0.15, 0.2) is 16.6 Å². The predicted octanol–water partition coefficient (Wildman–Crippen LogP) is 3.41. The number of nitrogens with zero attached hydrogens (tertiary/aromatic N) is 7. The van der Waals surface area contributed by atoms with E-state index in [4.69, 9.17) is 5.10 Å². The highest BCUT2D eigenvalue weighted by atomic mass is 32.1. The average Bonchev–Trinajstić information content (AvgIpc) is 3.27. The standard InChI is InChI=1S/C20H20FN7S/c1-14-13-29-20(22-14)27-10-4-9-26(11-12-27)18-8-7-17-23-24-19(28(17)25-18)15-5-2-3-6-16(15)21/h2-3,5-8,13H,4,9-12H2,1H3. The largest absolute Gasteiger partial charge is 0.353 e. The Morgan fingerprint density at radius 2 is 1.79 bits per heavy atom. The lowest BCUT2D eigenvalue weighted by Crippen LogP contribution is -2.31. The van der Waals surface area contributed by atoms with Crippen LogP contribution >= 0.6 is 11.3 Å². The maximum absolute atomic E-state index is 14.3. The van der Waals surface area contributed by atoms with E-state index in [1.165, 1.54) is 6.07 Å². The van der Waals surface area contributed by atoms with Crippen LogP contribution in [0.15, 0.2) is 41.8 Å². The topological polar surface area (TPSA) is 62.5 Å². The second-order valence-electron chi connectivity index (χ2n) is 7.06. The van der Waals surface area contributed by atoms with E-state index >= 15 is 0 Å². The molecule has 4 heterocycles. The third kappa shape index (κ3) is 3.42. The molecule has 0 radical (unpaired) electrons. The summed E-state index contributed by atoms with van der Waals surface area (Å²) >= 11 is 1.69. The average molecular weight is 409 g/mol. The summed E-state index contributed by atoms with van der Waals surface area (Å²) in [4.78, 5) is 9.20. The number of fused-ring (bicyclic) bond motifs is 1. The van der Waals surface area contributed by atoms with Gasteiger partial charge in [-0.3, -0.25) is 0 Å². The third-order valence-electron chi connectivity index (χ3n) is 5.06. The number of hydrogen-bond acceptors (Lipinski definition) is 7.